The largest absolute Gasteiger partial charge is 0.416 e. The van der Waals surface area contributed by atoms with E-state index < -0.39 is 42.4 Å². The fraction of sp³-hybridized carbons (Fsp3) is 0.308. The van der Waals surface area contributed by atoms with E-state index in [4.69, 9.17) is 9.47 Å². The van der Waals surface area contributed by atoms with E-state index in [1.807, 2.05) is 60.7 Å². The van der Waals surface area contributed by atoms with Crippen LogP contribution in [0.15, 0.2) is 78.9 Å². The molecule has 0 spiro atoms. The number of nitrogens with zero attached hydrogens (tertiary/aromatic N) is 1. The topological polar surface area (TPSA) is 21.7 Å². The van der Waals surface area contributed by atoms with Crippen molar-refractivity contribution >= 4 is 0 Å². The second kappa shape index (κ2) is 10.4. The first-order chi connectivity index (χ1) is 16.6. The van der Waals surface area contributed by atoms with Crippen LogP contribution in [0.4, 0.5) is 26.3 Å². The zero-order chi connectivity index (χ0) is 25.1. The Morgan fingerprint density at radius 3 is 1.91 bits per heavy atom. The highest BCUT2D eigenvalue weighted by molar-refractivity contribution is 5.33. The first-order valence-electron chi connectivity index (χ1n) is 11.0. The van der Waals surface area contributed by atoms with E-state index in [-0.39, 0.29) is 11.6 Å². The van der Waals surface area contributed by atoms with Gasteiger partial charge in [-0.2, -0.15) is 26.3 Å². The van der Waals surface area contributed by atoms with E-state index >= 15 is 0 Å². The highest BCUT2D eigenvalue weighted by atomic mass is 19.4. The number of ether oxygens (including phenoxy) is 2. The van der Waals surface area contributed by atoms with E-state index in [1.54, 1.807) is 0 Å². The maximum Gasteiger partial charge on any atom is 0.416 e. The first kappa shape index (κ1) is 25.2. The van der Waals surface area contributed by atoms with Gasteiger partial charge in [-0.15, -0.1) is 0 Å². The lowest BCUT2D eigenvalue weighted by atomic mass is 10.0. The molecule has 1 heterocycles. The minimum Gasteiger partial charge on any atom is -0.349 e. The molecule has 0 aromatic heterocycles. The van der Waals surface area contributed by atoms with E-state index in [0.29, 0.717) is 31.8 Å². The van der Waals surface area contributed by atoms with Crippen molar-refractivity contribution < 1.29 is 35.8 Å². The smallest absolute Gasteiger partial charge is 0.349 e. The van der Waals surface area contributed by atoms with Gasteiger partial charge in [-0.3, -0.25) is 4.90 Å². The standard InChI is InChI=1S/C26H23F6NO2/c27-25(28,29)21-13-19(14-22(15-21)26(30,31)32)17-35-24-23(20-9-5-2-6-10-20)33(11-12-34-24)16-18-7-3-1-4-8-18/h1-10,13-15,23-24H,11-12,16-17H2/t23-,24-/m1/s1. The van der Waals surface area contributed by atoms with Crippen LogP contribution in [0.25, 0.3) is 0 Å². The zero-order valence-electron chi connectivity index (χ0n) is 18.5. The van der Waals surface area contributed by atoms with Crippen LogP contribution in [0, 0.1) is 0 Å². The van der Waals surface area contributed by atoms with Crippen LogP contribution in [0.3, 0.4) is 0 Å². The summed E-state index contributed by atoms with van der Waals surface area (Å²) in [6.07, 6.45) is -10.7. The highest BCUT2D eigenvalue weighted by Gasteiger charge is 2.38. The molecule has 3 aromatic rings. The summed E-state index contributed by atoms with van der Waals surface area (Å²) in [6.45, 7) is 0.985. The molecule has 186 valence electrons. The summed E-state index contributed by atoms with van der Waals surface area (Å²) < 4.78 is 91.1. The fourth-order valence-corrected chi connectivity index (χ4v) is 4.12. The summed E-state index contributed by atoms with van der Waals surface area (Å²) in [4.78, 5) is 2.13. The molecule has 9 heteroatoms. The van der Waals surface area contributed by atoms with Crippen LogP contribution in [-0.4, -0.2) is 24.3 Å². The minimum absolute atomic E-state index is 0.106. The maximum atomic E-state index is 13.2. The summed E-state index contributed by atoms with van der Waals surface area (Å²) >= 11 is 0. The maximum absolute atomic E-state index is 13.2. The van der Waals surface area contributed by atoms with E-state index in [1.165, 1.54) is 0 Å². The van der Waals surface area contributed by atoms with Gasteiger partial charge in [-0.1, -0.05) is 60.7 Å². The molecule has 0 radical (unpaired) electrons. The summed E-state index contributed by atoms with van der Waals surface area (Å²) in [5, 5.41) is 0. The van der Waals surface area contributed by atoms with Gasteiger partial charge in [0.2, 0.25) is 0 Å². The Kier molecular flexibility index (Phi) is 7.49. The van der Waals surface area contributed by atoms with Gasteiger partial charge >= 0.3 is 12.4 Å². The lowest BCUT2D eigenvalue weighted by Crippen LogP contribution is -2.46. The molecule has 1 aliphatic rings. The molecule has 2 atom stereocenters. The number of benzene rings is 3. The molecule has 35 heavy (non-hydrogen) atoms. The summed E-state index contributed by atoms with van der Waals surface area (Å²) in [7, 11) is 0. The third-order valence-electron chi connectivity index (χ3n) is 5.74. The molecule has 4 rings (SSSR count). The van der Waals surface area contributed by atoms with Crippen LogP contribution in [0.5, 0.6) is 0 Å². The van der Waals surface area contributed by atoms with Crippen LogP contribution in [0.2, 0.25) is 0 Å². The van der Waals surface area contributed by atoms with Crippen molar-refractivity contribution in [1.82, 2.24) is 4.90 Å². The molecule has 0 bridgehead atoms. The third-order valence-corrected chi connectivity index (χ3v) is 5.74. The van der Waals surface area contributed by atoms with Crippen LogP contribution < -0.4 is 0 Å². The van der Waals surface area contributed by atoms with E-state index in [2.05, 4.69) is 4.90 Å². The Hall–Kier alpha value is -2.88. The molecule has 1 fully saturated rings. The lowest BCUT2D eigenvalue weighted by molar-refractivity contribution is -0.218. The van der Waals surface area contributed by atoms with Crippen molar-refractivity contribution in [3.05, 3.63) is 107 Å². The van der Waals surface area contributed by atoms with Crippen LogP contribution in [-0.2, 0) is 35.0 Å². The van der Waals surface area contributed by atoms with Crippen LogP contribution in [0.1, 0.15) is 33.9 Å². The second-order valence-corrected chi connectivity index (χ2v) is 8.28. The molecule has 0 N–H and O–H groups in total. The van der Waals surface area contributed by atoms with Crippen molar-refractivity contribution in [2.45, 2.75) is 37.8 Å². The van der Waals surface area contributed by atoms with Gasteiger partial charge in [0.25, 0.3) is 0 Å². The average molecular weight is 495 g/mol. The number of halogens is 6. The Labute approximate surface area is 198 Å². The van der Waals surface area contributed by atoms with Crippen molar-refractivity contribution in [3.63, 3.8) is 0 Å². The Bertz CT molecular complexity index is 1070. The molecular formula is C26H23F6NO2. The van der Waals surface area contributed by atoms with E-state index in [9.17, 15) is 26.3 Å². The third kappa shape index (κ3) is 6.42. The SMILES string of the molecule is FC(F)(F)c1cc(CO[C@H]2OCCN(Cc3ccccc3)[C@@H]2c2ccccc2)cc(C(F)(F)F)c1. The quantitative estimate of drug-likeness (QED) is 0.350. The number of hydrogen-bond acceptors (Lipinski definition) is 3. The molecular weight excluding hydrogens is 472 g/mol. The van der Waals surface area contributed by atoms with Crippen molar-refractivity contribution in [3.8, 4) is 0 Å². The molecule has 0 unspecified atom stereocenters. The first-order valence-corrected chi connectivity index (χ1v) is 11.0. The molecule has 0 saturated carbocycles. The van der Waals surface area contributed by atoms with Gasteiger partial charge in [-0.05, 0) is 34.9 Å². The number of morpholine rings is 1. The number of alkyl halides is 6. The molecule has 1 aliphatic heterocycles. The van der Waals surface area contributed by atoms with Gasteiger partial charge in [0.15, 0.2) is 6.29 Å². The summed E-state index contributed by atoms with van der Waals surface area (Å²) in [5.74, 6) is 0. The molecule has 0 amide bonds. The second-order valence-electron chi connectivity index (χ2n) is 8.28. The predicted molar refractivity (Wildman–Crippen MR) is 117 cm³/mol. The highest BCUT2D eigenvalue weighted by Crippen LogP contribution is 2.37. The predicted octanol–water partition coefficient (Wildman–Crippen LogP) is 6.84. The average Bonchev–Trinajstić information content (AvgIpc) is 2.83. The van der Waals surface area contributed by atoms with Crippen LogP contribution >= 0.6 is 0 Å². The number of hydrogen-bond donors (Lipinski definition) is 0. The summed E-state index contributed by atoms with van der Waals surface area (Å²) in [5.41, 5.74) is -1.06. The van der Waals surface area contributed by atoms with Crippen molar-refractivity contribution in [2.24, 2.45) is 0 Å². The van der Waals surface area contributed by atoms with Gasteiger partial charge in [0.1, 0.15) is 0 Å². The van der Waals surface area contributed by atoms with Gasteiger partial charge in [0, 0.05) is 13.1 Å². The monoisotopic (exact) mass is 495 g/mol. The summed E-state index contributed by atoms with van der Waals surface area (Å²) in [6, 6.07) is 20.1. The number of rotatable bonds is 6. The molecule has 3 aromatic carbocycles. The molecule has 0 aliphatic carbocycles. The zero-order valence-corrected chi connectivity index (χ0v) is 18.5. The fourth-order valence-electron chi connectivity index (χ4n) is 4.12. The van der Waals surface area contributed by atoms with Crippen molar-refractivity contribution in [2.75, 3.05) is 13.2 Å². The lowest BCUT2D eigenvalue weighted by Gasteiger charge is -2.41. The van der Waals surface area contributed by atoms with Crippen molar-refractivity contribution in [1.29, 1.82) is 0 Å². The Morgan fingerprint density at radius 1 is 0.771 bits per heavy atom. The van der Waals surface area contributed by atoms with Gasteiger partial charge in [-0.25, -0.2) is 0 Å². The van der Waals surface area contributed by atoms with Gasteiger partial charge < -0.3 is 9.47 Å². The minimum atomic E-state index is -4.92. The van der Waals surface area contributed by atoms with Gasteiger partial charge in [0.05, 0.1) is 30.4 Å². The Morgan fingerprint density at radius 2 is 1.34 bits per heavy atom. The molecule has 1 saturated heterocycles. The normalized spacial score (nSPS) is 19.6. The van der Waals surface area contributed by atoms with E-state index in [0.717, 1.165) is 11.1 Å². The Balaban J connectivity index is 1.60. The molecule has 3 nitrogen and oxygen atoms in total.